The van der Waals surface area contributed by atoms with Gasteiger partial charge in [-0.25, -0.2) is 0 Å². The Morgan fingerprint density at radius 2 is 2.17 bits per heavy atom. The molecule has 0 aromatic heterocycles. The molecule has 0 amide bonds. The minimum atomic E-state index is 0. The van der Waals surface area contributed by atoms with Gasteiger partial charge in [0.1, 0.15) is 0 Å². The van der Waals surface area contributed by atoms with Crippen LogP contribution in [-0.2, 0) is 0 Å². The molecule has 0 aliphatic heterocycles. The molecule has 1 aromatic rings. The van der Waals surface area contributed by atoms with Gasteiger partial charge in [-0.05, 0) is 19.1 Å². The van der Waals surface area contributed by atoms with Crippen LogP contribution in [0.2, 0.25) is 0 Å². The molecule has 5 nitrogen and oxygen atoms in total. The first-order chi connectivity index (χ1) is 10.7. The maximum atomic E-state index is 5.51. The zero-order chi connectivity index (χ0) is 16.2. The van der Waals surface area contributed by atoms with Gasteiger partial charge in [0.2, 0.25) is 0 Å². The number of methoxy groups -OCH3 is 1. The smallest absolute Gasteiger partial charge is 0.195 e. The van der Waals surface area contributed by atoms with Crippen molar-refractivity contribution in [1.82, 2.24) is 5.32 Å². The Balaban J connectivity index is 0.00000484. The van der Waals surface area contributed by atoms with E-state index >= 15 is 0 Å². The lowest BCUT2D eigenvalue weighted by Crippen LogP contribution is -2.32. The van der Waals surface area contributed by atoms with E-state index in [0.29, 0.717) is 12.4 Å². The number of nitrogens with zero attached hydrogens (tertiary/aromatic N) is 1. The Labute approximate surface area is 160 Å². The van der Waals surface area contributed by atoms with Crippen molar-refractivity contribution in [3.8, 4) is 11.5 Å². The number of hydrogen-bond donors (Lipinski definition) is 2. The molecule has 23 heavy (non-hydrogen) atoms. The number of aliphatic imine (C=N–C) groups is 1. The number of anilines is 1. The summed E-state index contributed by atoms with van der Waals surface area (Å²) < 4.78 is 10.8. The van der Waals surface area contributed by atoms with E-state index in [0.717, 1.165) is 35.4 Å². The van der Waals surface area contributed by atoms with Gasteiger partial charge in [-0.2, -0.15) is 11.8 Å². The molecule has 0 heterocycles. The molecule has 0 unspecified atom stereocenters. The standard InChI is InChI=1S/C16H25N3O2S.HI/c1-5-10-22-11-9-18-16(17-3)19-13-7-8-14(21-6-2)15(12-13)20-4;/h5,7-8,12H,1,6,9-11H2,2-4H3,(H2,17,18,19);1H. The molecule has 2 N–H and O–H groups in total. The van der Waals surface area contributed by atoms with Crippen LogP contribution in [0.1, 0.15) is 6.92 Å². The summed E-state index contributed by atoms with van der Waals surface area (Å²) in [5.74, 6) is 4.12. The van der Waals surface area contributed by atoms with E-state index in [4.69, 9.17) is 9.47 Å². The van der Waals surface area contributed by atoms with Crippen molar-refractivity contribution < 1.29 is 9.47 Å². The van der Waals surface area contributed by atoms with E-state index in [-0.39, 0.29) is 24.0 Å². The summed E-state index contributed by atoms with van der Waals surface area (Å²) in [5, 5.41) is 6.50. The first-order valence-corrected chi connectivity index (χ1v) is 8.37. The third kappa shape index (κ3) is 8.36. The van der Waals surface area contributed by atoms with E-state index in [1.54, 1.807) is 14.2 Å². The lowest BCUT2D eigenvalue weighted by Gasteiger charge is -2.14. The third-order valence-electron chi connectivity index (χ3n) is 2.72. The summed E-state index contributed by atoms with van der Waals surface area (Å²) in [6, 6.07) is 5.72. The van der Waals surface area contributed by atoms with E-state index < -0.39 is 0 Å². The number of nitrogens with one attached hydrogen (secondary N) is 2. The fourth-order valence-corrected chi connectivity index (χ4v) is 2.32. The molecule has 0 saturated carbocycles. The summed E-state index contributed by atoms with van der Waals surface area (Å²) in [7, 11) is 3.38. The second-order valence-corrected chi connectivity index (χ2v) is 5.44. The van der Waals surface area contributed by atoms with Crippen molar-refractivity contribution in [3.63, 3.8) is 0 Å². The van der Waals surface area contributed by atoms with Gasteiger partial charge in [0.15, 0.2) is 17.5 Å². The summed E-state index contributed by atoms with van der Waals surface area (Å²) in [6.45, 7) is 7.09. The minimum Gasteiger partial charge on any atom is -0.493 e. The molecule has 1 aromatic carbocycles. The number of halogens is 1. The average Bonchev–Trinajstić information content (AvgIpc) is 2.55. The van der Waals surface area contributed by atoms with Crippen LogP contribution in [0.15, 0.2) is 35.8 Å². The first-order valence-electron chi connectivity index (χ1n) is 7.22. The Bertz CT molecular complexity index is 498. The van der Waals surface area contributed by atoms with Gasteiger partial charge in [0, 0.05) is 36.9 Å². The molecule has 0 aliphatic rings. The maximum absolute atomic E-state index is 5.51. The van der Waals surface area contributed by atoms with Gasteiger partial charge < -0.3 is 20.1 Å². The van der Waals surface area contributed by atoms with Crippen LogP contribution in [0.25, 0.3) is 0 Å². The number of guanidine groups is 1. The molecule has 0 spiro atoms. The molecule has 0 fully saturated rings. The molecule has 0 aliphatic carbocycles. The van der Waals surface area contributed by atoms with Crippen LogP contribution >= 0.6 is 35.7 Å². The van der Waals surface area contributed by atoms with E-state index in [1.807, 2.05) is 43.0 Å². The fourth-order valence-electron chi connectivity index (χ4n) is 1.74. The highest BCUT2D eigenvalue weighted by Crippen LogP contribution is 2.30. The molecule has 1 rings (SSSR count). The number of rotatable bonds is 9. The number of thioether (sulfide) groups is 1. The quantitative estimate of drug-likeness (QED) is 0.198. The summed E-state index contributed by atoms with van der Waals surface area (Å²) in [5.41, 5.74) is 0.896. The van der Waals surface area contributed by atoms with Crippen molar-refractivity contribution in [3.05, 3.63) is 30.9 Å². The average molecular weight is 451 g/mol. The highest BCUT2D eigenvalue weighted by atomic mass is 127. The van der Waals surface area contributed by atoms with Crippen LogP contribution in [0.4, 0.5) is 5.69 Å². The normalized spacial score (nSPS) is 10.5. The highest BCUT2D eigenvalue weighted by Gasteiger charge is 2.06. The van der Waals surface area contributed by atoms with Gasteiger partial charge in [0.25, 0.3) is 0 Å². The van der Waals surface area contributed by atoms with Crippen LogP contribution in [0, 0.1) is 0 Å². The van der Waals surface area contributed by atoms with Gasteiger partial charge in [-0.3, -0.25) is 4.99 Å². The summed E-state index contributed by atoms with van der Waals surface area (Å²) in [4.78, 5) is 4.21. The van der Waals surface area contributed by atoms with Gasteiger partial charge in [-0.15, -0.1) is 30.6 Å². The predicted molar refractivity (Wildman–Crippen MR) is 112 cm³/mol. The fraction of sp³-hybridized carbons (Fsp3) is 0.438. The predicted octanol–water partition coefficient (Wildman–Crippen LogP) is 3.62. The Morgan fingerprint density at radius 3 is 2.78 bits per heavy atom. The van der Waals surface area contributed by atoms with Gasteiger partial charge in [-0.1, -0.05) is 6.08 Å². The third-order valence-corrected chi connectivity index (χ3v) is 3.69. The molecule has 0 radical (unpaired) electrons. The second-order valence-electron chi connectivity index (χ2n) is 4.29. The number of benzene rings is 1. The molecule has 0 saturated heterocycles. The lowest BCUT2D eigenvalue weighted by atomic mass is 10.2. The largest absolute Gasteiger partial charge is 0.493 e. The molecular weight excluding hydrogens is 425 g/mol. The SMILES string of the molecule is C=CCSCCNC(=NC)Nc1ccc(OCC)c(OC)c1.I. The number of ether oxygens (including phenoxy) is 2. The van der Waals surface area contributed by atoms with E-state index in [1.165, 1.54) is 0 Å². The van der Waals surface area contributed by atoms with Crippen LogP contribution in [-0.4, -0.2) is 44.8 Å². The molecule has 0 atom stereocenters. The Kier molecular flexibility index (Phi) is 12.7. The minimum absolute atomic E-state index is 0. The highest BCUT2D eigenvalue weighted by molar-refractivity contribution is 14.0. The van der Waals surface area contributed by atoms with Crippen LogP contribution < -0.4 is 20.1 Å². The molecule has 7 heteroatoms. The van der Waals surface area contributed by atoms with E-state index in [2.05, 4.69) is 22.2 Å². The monoisotopic (exact) mass is 451 g/mol. The molecule has 0 bridgehead atoms. The Hall–Kier alpha value is -1.09. The molecule has 130 valence electrons. The maximum Gasteiger partial charge on any atom is 0.195 e. The van der Waals surface area contributed by atoms with Crippen molar-refractivity contribution in [1.29, 1.82) is 0 Å². The summed E-state index contributed by atoms with van der Waals surface area (Å²) in [6.07, 6.45) is 1.91. The van der Waals surface area contributed by atoms with Crippen molar-refractivity contribution in [2.45, 2.75) is 6.92 Å². The van der Waals surface area contributed by atoms with Crippen molar-refractivity contribution in [2.75, 3.05) is 44.1 Å². The zero-order valence-electron chi connectivity index (χ0n) is 13.9. The zero-order valence-corrected chi connectivity index (χ0v) is 17.1. The van der Waals surface area contributed by atoms with Crippen molar-refractivity contribution >= 4 is 47.4 Å². The Morgan fingerprint density at radius 1 is 1.39 bits per heavy atom. The van der Waals surface area contributed by atoms with Gasteiger partial charge in [0.05, 0.1) is 13.7 Å². The van der Waals surface area contributed by atoms with E-state index in [9.17, 15) is 0 Å². The van der Waals surface area contributed by atoms with Crippen LogP contribution in [0.5, 0.6) is 11.5 Å². The van der Waals surface area contributed by atoms with Crippen molar-refractivity contribution in [2.24, 2.45) is 4.99 Å². The topological polar surface area (TPSA) is 54.9 Å². The lowest BCUT2D eigenvalue weighted by molar-refractivity contribution is 0.311. The first kappa shape index (κ1) is 21.9. The van der Waals surface area contributed by atoms with Crippen LogP contribution in [0.3, 0.4) is 0 Å². The molecular formula is C16H26IN3O2S. The number of hydrogen-bond acceptors (Lipinski definition) is 4. The second kappa shape index (κ2) is 13.4. The summed E-state index contributed by atoms with van der Waals surface area (Å²) >= 11 is 1.83. The van der Waals surface area contributed by atoms with Gasteiger partial charge >= 0.3 is 0 Å².